The smallest absolute Gasteiger partial charge is 0.308 e. The molecule has 28 heavy (non-hydrogen) atoms. The maximum Gasteiger partial charge on any atom is 0.308 e. The van der Waals surface area contributed by atoms with Gasteiger partial charge >= 0.3 is 5.97 Å². The highest BCUT2D eigenvalue weighted by molar-refractivity contribution is 5.93. The molecule has 0 bridgehead atoms. The van der Waals surface area contributed by atoms with Crippen LogP contribution in [0, 0.1) is 6.92 Å². The fourth-order valence-electron chi connectivity index (χ4n) is 3.03. The molecule has 0 saturated carbocycles. The second-order valence-electron chi connectivity index (χ2n) is 6.65. The molecule has 8 heteroatoms. The van der Waals surface area contributed by atoms with Crippen LogP contribution >= 0.6 is 0 Å². The van der Waals surface area contributed by atoms with Crippen LogP contribution < -0.4 is 15.5 Å². The number of carbonyl (C=O) groups excluding carboxylic acids is 2. The molecule has 2 aromatic rings. The fourth-order valence-corrected chi connectivity index (χ4v) is 3.03. The Labute approximate surface area is 164 Å². The van der Waals surface area contributed by atoms with Gasteiger partial charge in [0.25, 0.3) is 5.91 Å². The van der Waals surface area contributed by atoms with Crippen molar-refractivity contribution in [3.63, 3.8) is 0 Å². The highest BCUT2D eigenvalue weighted by Crippen LogP contribution is 2.25. The van der Waals surface area contributed by atoms with E-state index in [-0.39, 0.29) is 18.9 Å². The standard InChI is InChI=1S/C20H25N5O3/c1-15-13-16(25-11-2-3-12-25)5-6-17(15)24-18(26)14-28-19(27)7-10-23-20-21-8-4-9-22-20/h4-6,8-9,13H,2-3,7,10-12,14H2,1H3,(H,24,26)(H,21,22,23). The Morgan fingerprint density at radius 3 is 2.64 bits per heavy atom. The number of carbonyl (C=O) groups is 2. The maximum atomic E-state index is 12.1. The molecule has 0 aliphatic carbocycles. The summed E-state index contributed by atoms with van der Waals surface area (Å²) >= 11 is 0. The van der Waals surface area contributed by atoms with Crippen LogP contribution in [0.5, 0.6) is 0 Å². The molecule has 0 radical (unpaired) electrons. The van der Waals surface area contributed by atoms with E-state index in [1.54, 1.807) is 18.5 Å². The lowest BCUT2D eigenvalue weighted by Crippen LogP contribution is -2.22. The zero-order valence-electron chi connectivity index (χ0n) is 16.0. The molecule has 1 aliphatic heterocycles. The van der Waals surface area contributed by atoms with Crippen LogP contribution in [0.3, 0.4) is 0 Å². The highest BCUT2D eigenvalue weighted by Gasteiger charge is 2.14. The Morgan fingerprint density at radius 1 is 1.18 bits per heavy atom. The van der Waals surface area contributed by atoms with Gasteiger partial charge in [-0.2, -0.15) is 0 Å². The van der Waals surface area contributed by atoms with Crippen LogP contribution in [0.2, 0.25) is 0 Å². The van der Waals surface area contributed by atoms with Crippen molar-refractivity contribution in [2.45, 2.75) is 26.2 Å². The average Bonchev–Trinajstić information content (AvgIpc) is 3.24. The number of rotatable bonds is 8. The first kappa shape index (κ1) is 19.6. The zero-order valence-corrected chi connectivity index (χ0v) is 16.0. The summed E-state index contributed by atoms with van der Waals surface area (Å²) < 4.78 is 5.02. The fraction of sp³-hybridized carbons (Fsp3) is 0.400. The van der Waals surface area contributed by atoms with Gasteiger partial charge in [-0.05, 0) is 49.6 Å². The summed E-state index contributed by atoms with van der Waals surface area (Å²) in [6.07, 6.45) is 5.78. The number of hydrogen-bond acceptors (Lipinski definition) is 7. The summed E-state index contributed by atoms with van der Waals surface area (Å²) in [5, 5.41) is 5.71. The van der Waals surface area contributed by atoms with Crippen molar-refractivity contribution in [2.75, 3.05) is 41.8 Å². The van der Waals surface area contributed by atoms with E-state index in [0.29, 0.717) is 12.5 Å². The van der Waals surface area contributed by atoms with E-state index in [0.717, 1.165) is 24.3 Å². The normalized spacial score (nSPS) is 13.2. The number of esters is 1. The van der Waals surface area contributed by atoms with Crippen molar-refractivity contribution in [1.29, 1.82) is 0 Å². The Hall–Kier alpha value is -3.16. The van der Waals surface area contributed by atoms with Gasteiger partial charge in [-0.1, -0.05) is 0 Å². The predicted octanol–water partition coefficient (Wildman–Crippen LogP) is 2.37. The Bertz CT molecular complexity index is 807. The minimum atomic E-state index is -0.459. The lowest BCUT2D eigenvalue weighted by Gasteiger charge is -2.19. The first-order valence-corrected chi connectivity index (χ1v) is 9.44. The summed E-state index contributed by atoms with van der Waals surface area (Å²) in [5.74, 6) is -0.370. The van der Waals surface area contributed by atoms with Crippen LogP contribution in [0.1, 0.15) is 24.8 Å². The van der Waals surface area contributed by atoms with Gasteiger partial charge in [0.1, 0.15) is 0 Å². The van der Waals surface area contributed by atoms with E-state index in [2.05, 4.69) is 31.6 Å². The number of nitrogens with one attached hydrogen (secondary N) is 2. The van der Waals surface area contributed by atoms with E-state index in [4.69, 9.17) is 4.74 Å². The number of ether oxygens (including phenoxy) is 1. The number of aryl methyl sites for hydroxylation is 1. The second kappa shape index (κ2) is 9.68. The Balaban J connectivity index is 1.39. The Morgan fingerprint density at radius 2 is 1.93 bits per heavy atom. The third-order valence-electron chi connectivity index (χ3n) is 4.50. The van der Waals surface area contributed by atoms with Crippen LogP contribution in [-0.4, -0.2) is 48.1 Å². The molecular formula is C20H25N5O3. The van der Waals surface area contributed by atoms with Crippen molar-refractivity contribution in [2.24, 2.45) is 0 Å². The summed E-state index contributed by atoms with van der Waals surface area (Å²) in [4.78, 5) is 34.2. The molecule has 148 valence electrons. The highest BCUT2D eigenvalue weighted by atomic mass is 16.5. The quantitative estimate of drug-likeness (QED) is 0.676. The Kier molecular flexibility index (Phi) is 6.78. The van der Waals surface area contributed by atoms with Gasteiger partial charge in [0, 0.05) is 43.4 Å². The van der Waals surface area contributed by atoms with Crippen LogP contribution in [-0.2, 0) is 14.3 Å². The summed E-state index contributed by atoms with van der Waals surface area (Å²) in [6, 6.07) is 7.69. The number of anilines is 3. The molecule has 2 N–H and O–H groups in total. The molecule has 1 aromatic heterocycles. The lowest BCUT2D eigenvalue weighted by molar-refractivity contribution is -0.147. The molecule has 1 amide bonds. The van der Waals surface area contributed by atoms with Gasteiger partial charge in [0.2, 0.25) is 5.95 Å². The van der Waals surface area contributed by atoms with E-state index in [1.165, 1.54) is 18.5 Å². The third-order valence-corrected chi connectivity index (χ3v) is 4.50. The summed E-state index contributed by atoms with van der Waals surface area (Å²) in [5.41, 5.74) is 2.89. The molecule has 1 aromatic carbocycles. The topological polar surface area (TPSA) is 96.5 Å². The maximum absolute atomic E-state index is 12.1. The molecular weight excluding hydrogens is 358 g/mol. The molecule has 2 heterocycles. The number of aromatic nitrogens is 2. The van der Waals surface area contributed by atoms with Crippen LogP contribution in [0.4, 0.5) is 17.3 Å². The number of amides is 1. The number of nitrogens with zero attached hydrogens (tertiary/aromatic N) is 3. The van der Waals surface area contributed by atoms with Crippen molar-refractivity contribution in [1.82, 2.24) is 9.97 Å². The lowest BCUT2D eigenvalue weighted by atomic mass is 10.1. The van der Waals surface area contributed by atoms with E-state index < -0.39 is 5.97 Å². The first-order chi connectivity index (χ1) is 13.6. The van der Waals surface area contributed by atoms with Crippen LogP contribution in [0.15, 0.2) is 36.7 Å². The number of benzene rings is 1. The molecule has 0 atom stereocenters. The van der Waals surface area contributed by atoms with Gasteiger partial charge in [-0.3, -0.25) is 9.59 Å². The van der Waals surface area contributed by atoms with Crippen molar-refractivity contribution >= 4 is 29.2 Å². The minimum Gasteiger partial charge on any atom is -0.456 e. The minimum absolute atomic E-state index is 0.120. The molecule has 0 spiro atoms. The molecule has 1 aliphatic rings. The van der Waals surface area contributed by atoms with Crippen molar-refractivity contribution in [3.05, 3.63) is 42.2 Å². The SMILES string of the molecule is Cc1cc(N2CCCC2)ccc1NC(=O)COC(=O)CCNc1ncccn1. The van der Waals surface area contributed by atoms with E-state index in [1.807, 2.05) is 19.1 Å². The zero-order chi connectivity index (χ0) is 19.8. The second-order valence-corrected chi connectivity index (χ2v) is 6.65. The van der Waals surface area contributed by atoms with Crippen molar-refractivity contribution < 1.29 is 14.3 Å². The van der Waals surface area contributed by atoms with Crippen LogP contribution in [0.25, 0.3) is 0 Å². The van der Waals surface area contributed by atoms with Gasteiger partial charge in [0.15, 0.2) is 6.61 Å². The largest absolute Gasteiger partial charge is 0.456 e. The van der Waals surface area contributed by atoms with Gasteiger partial charge < -0.3 is 20.3 Å². The van der Waals surface area contributed by atoms with E-state index in [9.17, 15) is 9.59 Å². The molecule has 1 saturated heterocycles. The number of hydrogen-bond donors (Lipinski definition) is 2. The summed E-state index contributed by atoms with van der Waals surface area (Å²) in [7, 11) is 0. The van der Waals surface area contributed by atoms with Gasteiger partial charge in [-0.25, -0.2) is 9.97 Å². The molecule has 8 nitrogen and oxygen atoms in total. The predicted molar refractivity (Wildman–Crippen MR) is 107 cm³/mol. The average molecular weight is 383 g/mol. The summed E-state index contributed by atoms with van der Waals surface area (Å²) in [6.45, 7) is 4.13. The first-order valence-electron chi connectivity index (χ1n) is 9.44. The molecule has 0 unspecified atom stereocenters. The van der Waals surface area contributed by atoms with Crippen molar-refractivity contribution in [3.8, 4) is 0 Å². The molecule has 3 rings (SSSR count). The van der Waals surface area contributed by atoms with E-state index >= 15 is 0 Å². The third kappa shape index (κ3) is 5.67. The van der Waals surface area contributed by atoms with Gasteiger partial charge in [0.05, 0.1) is 6.42 Å². The monoisotopic (exact) mass is 383 g/mol. The molecule has 1 fully saturated rings. The van der Waals surface area contributed by atoms with Gasteiger partial charge in [-0.15, -0.1) is 0 Å².